The van der Waals surface area contributed by atoms with E-state index in [2.05, 4.69) is 10.9 Å². The molecule has 0 saturated heterocycles. The average Bonchev–Trinajstić information content (AvgIpc) is 2.57. The summed E-state index contributed by atoms with van der Waals surface area (Å²) in [6.45, 7) is 0. The number of carbonyl (C=O) groups is 2. The quantitative estimate of drug-likeness (QED) is 0.825. The van der Waals surface area contributed by atoms with Gasteiger partial charge in [-0.15, -0.1) is 11.8 Å². The Kier molecular flexibility index (Phi) is 4.29. The molecule has 24 heavy (non-hydrogen) atoms. The molecule has 2 amide bonds. The topological polar surface area (TPSA) is 58.2 Å². The van der Waals surface area contributed by atoms with Crippen molar-refractivity contribution in [2.75, 3.05) is 5.75 Å². The number of thioether (sulfide) groups is 1. The van der Waals surface area contributed by atoms with Gasteiger partial charge in [0.15, 0.2) is 0 Å². The van der Waals surface area contributed by atoms with Crippen LogP contribution in [0.5, 0.6) is 0 Å². The Bertz CT molecular complexity index is 596. The number of hydrazine groups is 1. The Balaban J connectivity index is 1.26. The van der Waals surface area contributed by atoms with Crippen LogP contribution in [0.15, 0.2) is 30.3 Å². The summed E-state index contributed by atoms with van der Waals surface area (Å²) in [5, 5.41) is 0. The molecule has 128 valence electrons. The van der Waals surface area contributed by atoms with Crippen molar-refractivity contribution in [3.63, 3.8) is 0 Å². The molecule has 4 nitrogen and oxygen atoms in total. The minimum Gasteiger partial charge on any atom is -0.272 e. The first-order valence-electron chi connectivity index (χ1n) is 8.90. The second-order valence-electron chi connectivity index (χ2n) is 7.76. The third-order valence-corrected chi connectivity index (χ3v) is 7.36. The highest BCUT2D eigenvalue weighted by Crippen LogP contribution is 2.60. The Morgan fingerprint density at radius 2 is 1.54 bits per heavy atom. The highest BCUT2D eigenvalue weighted by atomic mass is 32.2. The number of hydrogen-bond donors (Lipinski definition) is 2. The van der Waals surface area contributed by atoms with Crippen molar-refractivity contribution < 1.29 is 9.59 Å². The molecule has 0 spiro atoms. The van der Waals surface area contributed by atoms with Crippen LogP contribution in [0.2, 0.25) is 0 Å². The van der Waals surface area contributed by atoms with Crippen molar-refractivity contribution in [3.05, 3.63) is 35.9 Å². The van der Waals surface area contributed by atoms with E-state index in [1.165, 1.54) is 38.5 Å². The smallest absolute Gasteiger partial charge is 0.269 e. The fourth-order valence-electron chi connectivity index (χ4n) is 5.25. The van der Waals surface area contributed by atoms with E-state index in [0.29, 0.717) is 16.1 Å². The van der Waals surface area contributed by atoms with E-state index in [0.717, 1.165) is 17.8 Å². The Labute approximate surface area is 147 Å². The van der Waals surface area contributed by atoms with Gasteiger partial charge >= 0.3 is 0 Å². The summed E-state index contributed by atoms with van der Waals surface area (Å²) < 4.78 is 0.329. The molecule has 4 aliphatic carbocycles. The van der Waals surface area contributed by atoms with Crippen molar-refractivity contribution in [1.82, 2.24) is 10.9 Å². The van der Waals surface area contributed by atoms with Crippen LogP contribution in [0, 0.1) is 17.8 Å². The Morgan fingerprint density at radius 3 is 2.12 bits per heavy atom. The van der Waals surface area contributed by atoms with E-state index < -0.39 is 0 Å². The van der Waals surface area contributed by atoms with Crippen LogP contribution in [0.25, 0.3) is 0 Å². The van der Waals surface area contributed by atoms with Gasteiger partial charge in [-0.1, -0.05) is 18.2 Å². The summed E-state index contributed by atoms with van der Waals surface area (Å²) in [5.41, 5.74) is 5.61. The third kappa shape index (κ3) is 3.32. The molecule has 4 fully saturated rings. The minimum absolute atomic E-state index is 0.111. The van der Waals surface area contributed by atoms with Crippen LogP contribution in [0.3, 0.4) is 0 Å². The molecule has 0 atom stereocenters. The first-order chi connectivity index (χ1) is 11.6. The second-order valence-corrected chi connectivity index (χ2v) is 9.20. The molecule has 4 bridgehead atoms. The van der Waals surface area contributed by atoms with Gasteiger partial charge in [-0.25, -0.2) is 0 Å². The summed E-state index contributed by atoms with van der Waals surface area (Å²) in [4.78, 5) is 24.1. The van der Waals surface area contributed by atoms with Crippen LogP contribution in [-0.2, 0) is 4.79 Å². The van der Waals surface area contributed by atoms with Gasteiger partial charge in [0.2, 0.25) is 5.91 Å². The molecule has 0 unspecified atom stereocenters. The highest BCUT2D eigenvalue weighted by Gasteiger charge is 2.51. The highest BCUT2D eigenvalue weighted by molar-refractivity contribution is 8.01. The molecule has 0 radical (unpaired) electrons. The normalized spacial score (nSPS) is 33.2. The average molecular weight is 344 g/mol. The molecular formula is C19H24N2O2S. The van der Waals surface area contributed by atoms with Crippen LogP contribution in [0.4, 0.5) is 0 Å². The van der Waals surface area contributed by atoms with E-state index in [9.17, 15) is 9.59 Å². The summed E-state index contributed by atoms with van der Waals surface area (Å²) in [7, 11) is 0. The summed E-state index contributed by atoms with van der Waals surface area (Å²) in [5.74, 6) is 2.73. The second kappa shape index (κ2) is 6.43. The molecule has 0 aromatic heterocycles. The van der Waals surface area contributed by atoms with Gasteiger partial charge < -0.3 is 0 Å². The zero-order valence-electron chi connectivity index (χ0n) is 13.8. The number of benzene rings is 1. The molecule has 4 saturated carbocycles. The maximum atomic E-state index is 12.1. The zero-order chi connectivity index (χ0) is 16.6. The summed E-state index contributed by atoms with van der Waals surface area (Å²) in [6, 6.07) is 8.92. The lowest BCUT2D eigenvalue weighted by Crippen LogP contribution is -2.49. The van der Waals surface area contributed by atoms with Gasteiger partial charge in [0, 0.05) is 10.3 Å². The predicted molar refractivity (Wildman–Crippen MR) is 95.4 cm³/mol. The number of rotatable bonds is 4. The van der Waals surface area contributed by atoms with Crippen molar-refractivity contribution in [2.45, 2.75) is 43.3 Å². The lowest BCUT2D eigenvalue weighted by molar-refractivity contribution is -0.119. The van der Waals surface area contributed by atoms with Crippen LogP contribution < -0.4 is 10.9 Å². The van der Waals surface area contributed by atoms with Crippen LogP contribution in [-0.4, -0.2) is 22.3 Å². The standard InChI is InChI=1S/C19H24N2O2S/c22-17(20-21-18(23)16-4-2-1-3-5-16)12-24-19-9-13-6-14(10-19)8-15(7-13)11-19/h1-5,13-15H,6-12H2,(H,20,22)(H,21,23). The maximum absolute atomic E-state index is 12.1. The zero-order valence-corrected chi connectivity index (χ0v) is 14.6. The molecule has 5 rings (SSSR count). The van der Waals surface area contributed by atoms with Crippen LogP contribution in [0.1, 0.15) is 48.9 Å². The Hall–Kier alpha value is -1.49. The fraction of sp³-hybridized carbons (Fsp3) is 0.579. The van der Waals surface area contributed by atoms with Crippen molar-refractivity contribution in [2.24, 2.45) is 17.8 Å². The monoisotopic (exact) mass is 344 g/mol. The van der Waals surface area contributed by atoms with Gasteiger partial charge in [-0.3, -0.25) is 20.4 Å². The molecule has 2 N–H and O–H groups in total. The van der Waals surface area contributed by atoms with Crippen molar-refractivity contribution in [3.8, 4) is 0 Å². The number of nitrogens with one attached hydrogen (secondary N) is 2. The SMILES string of the molecule is O=C(CSC12CC3CC(CC(C3)C1)C2)NNC(=O)c1ccccc1. The lowest BCUT2D eigenvalue weighted by atomic mass is 9.56. The van der Waals surface area contributed by atoms with E-state index in [4.69, 9.17) is 0 Å². The number of amides is 2. The van der Waals surface area contributed by atoms with E-state index in [1.807, 2.05) is 17.8 Å². The molecule has 1 aromatic rings. The third-order valence-electron chi connectivity index (χ3n) is 5.84. The van der Waals surface area contributed by atoms with E-state index in [1.54, 1.807) is 24.3 Å². The van der Waals surface area contributed by atoms with Gasteiger partial charge in [-0.05, 0) is 68.4 Å². The largest absolute Gasteiger partial charge is 0.272 e. The Morgan fingerprint density at radius 1 is 0.958 bits per heavy atom. The van der Waals surface area contributed by atoms with E-state index in [-0.39, 0.29) is 11.8 Å². The van der Waals surface area contributed by atoms with Crippen molar-refractivity contribution >= 4 is 23.6 Å². The number of hydrogen-bond acceptors (Lipinski definition) is 3. The molecule has 4 aliphatic rings. The van der Waals surface area contributed by atoms with Gasteiger partial charge in [0.05, 0.1) is 5.75 Å². The van der Waals surface area contributed by atoms with Gasteiger partial charge in [-0.2, -0.15) is 0 Å². The molecule has 5 heteroatoms. The van der Waals surface area contributed by atoms with Crippen LogP contribution >= 0.6 is 11.8 Å². The first kappa shape index (κ1) is 16.0. The van der Waals surface area contributed by atoms with Crippen molar-refractivity contribution in [1.29, 1.82) is 0 Å². The van der Waals surface area contributed by atoms with Gasteiger partial charge in [0.1, 0.15) is 0 Å². The molecule has 0 heterocycles. The number of carbonyl (C=O) groups excluding carboxylic acids is 2. The van der Waals surface area contributed by atoms with E-state index >= 15 is 0 Å². The summed E-state index contributed by atoms with van der Waals surface area (Å²) in [6.07, 6.45) is 8.10. The predicted octanol–water partition coefficient (Wildman–Crippen LogP) is 3.15. The fourth-order valence-corrected chi connectivity index (χ4v) is 6.82. The van der Waals surface area contributed by atoms with Gasteiger partial charge in [0.25, 0.3) is 5.91 Å². The lowest BCUT2D eigenvalue weighted by Gasteiger charge is -2.56. The molecular weight excluding hydrogens is 320 g/mol. The first-order valence-corrected chi connectivity index (χ1v) is 9.89. The summed E-state index contributed by atoms with van der Waals surface area (Å²) >= 11 is 1.83. The molecule has 0 aliphatic heterocycles. The minimum atomic E-state index is -0.274. The molecule has 1 aromatic carbocycles. The maximum Gasteiger partial charge on any atom is 0.269 e.